The lowest BCUT2D eigenvalue weighted by molar-refractivity contribution is 0.250. The quantitative estimate of drug-likeness (QED) is 0.212. The van der Waals surface area contributed by atoms with Gasteiger partial charge in [0.15, 0.2) is 30.5 Å². The Morgan fingerprint density at radius 2 is 1.00 bits per heavy atom. The zero-order valence-electron chi connectivity index (χ0n) is 13.1. The minimum absolute atomic E-state index is 0.273. The molecule has 0 radical (unpaired) electrons. The van der Waals surface area contributed by atoms with E-state index in [1.54, 1.807) is 0 Å². The van der Waals surface area contributed by atoms with E-state index in [0.717, 1.165) is 13.8 Å². The molecule has 2 unspecified atom stereocenters. The van der Waals surface area contributed by atoms with Gasteiger partial charge in [-0.1, -0.05) is 0 Å². The lowest BCUT2D eigenvalue weighted by atomic mass is 10.7. The van der Waals surface area contributed by atoms with Crippen LogP contribution in [0.25, 0.3) is 0 Å². The van der Waals surface area contributed by atoms with Crippen LogP contribution in [-0.4, -0.2) is 78.2 Å². The number of rotatable bonds is 12. The second-order valence-electron chi connectivity index (χ2n) is 4.67. The van der Waals surface area contributed by atoms with Crippen molar-refractivity contribution in [2.75, 3.05) is 24.6 Å². The Morgan fingerprint density at radius 1 is 0.720 bits per heavy atom. The van der Waals surface area contributed by atoms with Crippen LogP contribution in [0.1, 0.15) is 13.8 Å². The average molecular weight is 450 g/mol. The molecule has 25 heavy (non-hydrogen) atoms. The standard InChI is InChI=1S/C8H19NO12S4/c1-7(20-24(14,15)16)22(10,11)5-3-9-4-6-23(12,13)8(2)21-25(17,18)19/h7-9H,3-6H2,1-2H3,(H,14,15,16)(H,17,18,19). The molecule has 0 heterocycles. The van der Waals surface area contributed by atoms with Gasteiger partial charge in [-0.25, -0.2) is 25.2 Å². The fraction of sp³-hybridized carbons (Fsp3) is 1.00. The molecule has 152 valence electrons. The van der Waals surface area contributed by atoms with E-state index in [0.29, 0.717) is 0 Å². The summed E-state index contributed by atoms with van der Waals surface area (Å²) in [6.07, 6.45) is 0. The maximum atomic E-state index is 11.7. The van der Waals surface area contributed by atoms with Crippen molar-refractivity contribution >= 4 is 40.5 Å². The topological polar surface area (TPSA) is 208 Å². The van der Waals surface area contributed by atoms with E-state index in [-0.39, 0.29) is 13.1 Å². The Labute approximate surface area is 146 Å². The fourth-order valence-corrected chi connectivity index (χ4v) is 5.11. The van der Waals surface area contributed by atoms with Crippen LogP contribution in [-0.2, 0) is 48.8 Å². The van der Waals surface area contributed by atoms with Crippen molar-refractivity contribution in [3.8, 4) is 0 Å². The molecule has 0 spiro atoms. The third-order valence-corrected chi connectivity index (χ3v) is 7.72. The van der Waals surface area contributed by atoms with Crippen LogP contribution in [0.3, 0.4) is 0 Å². The molecule has 0 amide bonds. The molecule has 0 saturated heterocycles. The van der Waals surface area contributed by atoms with Crippen molar-refractivity contribution in [2.45, 2.75) is 24.7 Å². The van der Waals surface area contributed by atoms with Crippen LogP contribution in [0.2, 0.25) is 0 Å². The number of nitrogens with one attached hydrogen (secondary N) is 1. The van der Waals surface area contributed by atoms with Gasteiger partial charge in [0.05, 0.1) is 11.5 Å². The largest absolute Gasteiger partial charge is 0.398 e. The molecule has 0 aromatic heterocycles. The van der Waals surface area contributed by atoms with Gasteiger partial charge in [0, 0.05) is 13.1 Å². The van der Waals surface area contributed by atoms with Gasteiger partial charge in [0.1, 0.15) is 0 Å². The highest BCUT2D eigenvalue weighted by Gasteiger charge is 2.27. The summed E-state index contributed by atoms with van der Waals surface area (Å²) in [5.41, 5.74) is -3.67. The van der Waals surface area contributed by atoms with Crippen LogP contribution in [0.5, 0.6) is 0 Å². The molecule has 0 rings (SSSR count). The molecule has 0 aliphatic rings. The molecule has 3 N–H and O–H groups in total. The van der Waals surface area contributed by atoms with Gasteiger partial charge in [-0.2, -0.15) is 16.8 Å². The van der Waals surface area contributed by atoms with Crippen LogP contribution in [0.15, 0.2) is 0 Å². The molecule has 0 aromatic rings. The molecular weight excluding hydrogens is 430 g/mol. The van der Waals surface area contributed by atoms with Crippen molar-refractivity contribution < 1.29 is 51.1 Å². The summed E-state index contributed by atoms with van der Waals surface area (Å²) in [5, 5.41) is 2.44. The minimum atomic E-state index is -4.95. The highest BCUT2D eigenvalue weighted by molar-refractivity contribution is 7.93. The van der Waals surface area contributed by atoms with E-state index in [1.807, 2.05) is 0 Å². The summed E-state index contributed by atoms with van der Waals surface area (Å²) in [6, 6.07) is 0. The van der Waals surface area contributed by atoms with E-state index in [2.05, 4.69) is 13.7 Å². The first-order valence-electron chi connectivity index (χ1n) is 6.41. The summed E-state index contributed by atoms with van der Waals surface area (Å²) in [7, 11) is -18.0. The Hall–Kier alpha value is -0.400. The normalized spacial score (nSPS) is 16.5. The van der Waals surface area contributed by atoms with Gasteiger partial charge in [-0.15, -0.1) is 0 Å². The van der Waals surface area contributed by atoms with E-state index in [4.69, 9.17) is 9.11 Å². The highest BCUT2D eigenvalue weighted by atomic mass is 32.3. The van der Waals surface area contributed by atoms with E-state index >= 15 is 0 Å². The molecule has 2 atom stereocenters. The predicted molar refractivity (Wildman–Crippen MR) is 84.6 cm³/mol. The van der Waals surface area contributed by atoms with Gasteiger partial charge in [0.25, 0.3) is 0 Å². The second-order valence-corrected chi connectivity index (χ2v) is 11.6. The van der Waals surface area contributed by atoms with Crippen LogP contribution in [0.4, 0.5) is 0 Å². The first-order valence-corrected chi connectivity index (χ1v) is 12.6. The maximum Gasteiger partial charge on any atom is 0.398 e. The maximum absolute atomic E-state index is 11.7. The van der Waals surface area contributed by atoms with Gasteiger partial charge in [-0.3, -0.25) is 9.11 Å². The monoisotopic (exact) mass is 449 g/mol. The van der Waals surface area contributed by atoms with E-state index in [9.17, 15) is 33.7 Å². The summed E-state index contributed by atoms with van der Waals surface area (Å²) < 4.78 is 113. The molecule has 0 aromatic carbocycles. The highest BCUT2D eigenvalue weighted by Crippen LogP contribution is 2.08. The molecule has 0 bridgehead atoms. The van der Waals surface area contributed by atoms with Crippen LogP contribution in [0, 0.1) is 0 Å². The number of sulfone groups is 2. The first kappa shape index (κ1) is 24.6. The molecular formula is C8H19NO12S4. The molecule has 0 saturated carbocycles. The summed E-state index contributed by atoms with van der Waals surface area (Å²) in [5.74, 6) is -1.25. The Morgan fingerprint density at radius 3 is 1.24 bits per heavy atom. The SMILES string of the molecule is CC(OS(=O)(=O)O)S(=O)(=O)CCNCCS(=O)(=O)C(C)OS(=O)(=O)O. The molecule has 13 nitrogen and oxygen atoms in total. The summed E-state index contributed by atoms with van der Waals surface area (Å²) >= 11 is 0. The third kappa shape index (κ3) is 11.0. The number of hydrogen-bond acceptors (Lipinski definition) is 11. The van der Waals surface area contributed by atoms with Gasteiger partial charge in [0.2, 0.25) is 0 Å². The fourth-order valence-electron chi connectivity index (χ4n) is 1.35. The number of hydrogen-bond donors (Lipinski definition) is 3. The molecule has 17 heteroatoms. The van der Waals surface area contributed by atoms with Crippen molar-refractivity contribution in [1.82, 2.24) is 5.32 Å². The van der Waals surface area contributed by atoms with Gasteiger partial charge >= 0.3 is 20.8 Å². The molecule has 0 fully saturated rings. The van der Waals surface area contributed by atoms with Crippen LogP contribution >= 0.6 is 0 Å². The molecule has 0 aliphatic carbocycles. The smallest absolute Gasteiger partial charge is 0.315 e. The van der Waals surface area contributed by atoms with E-state index in [1.165, 1.54) is 0 Å². The first-order chi connectivity index (χ1) is 11.0. The Balaban J connectivity index is 4.42. The van der Waals surface area contributed by atoms with Gasteiger partial charge in [-0.05, 0) is 13.8 Å². The average Bonchev–Trinajstić information content (AvgIpc) is 2.33. The molecule has 0 aliphatic heterocycles. The predicted octanol–water partition coefficient (Wildman–Crippen LogP) is -2.26. The van der Waals surface area contributed by atoms with Gasteiger partial charge < -0.3 is 5.32 Å². The van der Waals surface area contributed by atoms with E-state index < -0.39 is 62.9 Å². The van der Waals surface area contributed by atoms with Crippen LogP contribution < -0.4 is 5.32 Å². The van der Waals surface area contributed by atoms with Crippen molar-refractivity contribution in [3.05, 3.63) is 0 Å². The Bertz CT molecular complexity index is 769. The third-order valence-electron chi connectivity index (χ3n) is 2.65. The lowest BCUT2D eigenvalue weighted by Gasteiger charge is -2.13. The van der Waals surface area contributed by atoms with Crippen molar-refractivity contribution in [2.24, 2.45) is 0 Å². The zero-order chi connectivity index (χ0) is 20.1. The lowest BCUT2D eigenvalue weighted by Crippen LogP contribution is -2.35. The van der Waals surface area contributed by atoms with Crippen molar-refractivity contribution in [1.29, 1.82) is 0 Å². The zero-order valence-corrected chi connectivity index (χ0v) is 16.4. The minimum Gasteiger partial charge on any atom is -0.315 e. The Kier molecular flexibility index (Phi) is 8.85. The second kappa shape index (κ2) is 9.00. The van der Waals surface area contributed by atoms with Crippen molar-refractivity contribution in [3.63, 3.8) is 0 Å². The summed E-state index contributed by atoms with van der Waals surface area (Å²) in [4.78, 5) is 0. The summed E-state index contributed by atoms with van der Waals surface area (Å²) in [6.45, 7) is 1.24.